The van der Waals surface area contributed by atoms with Crippen LogP contribution >= 0.6 is 24.6 Å². The highest BCUT2D eigenvalue weighted by atomic mass is 32.2. The predicted molar refractivity (Wildman–Crippen MR) is 124 cm³/mol. The molecule has 28 heavy (non-hydrogen) atoms. The minimum absolute atomic E-state index is 0.195. The van der Waals surface area contributed by atoms with E-state index in [-0.39, 0.29) is 5.97 Å². The molecule has 0 spiro atoms. The number of unbranched alkanes of at least 4 members (excludes halogenated alkanes) is 9. The Morgan fingerprint density at radius 2 is 1.79 bits per heavy atom. The van der Waals surface area contributed by atoms with Crippen LogP contribution in [-0.2, 0) is 11.2 Å². The highest BCUT2D eigenvalue weighted by molar-refractivity contribution is 8.00. The Morgan fingerprint density at radius 1 is 1.11 bits per heavy atom. The van der Waals surface area contributed by atoms with Gasteiger partial charge < -0.3 is 4.74 Å². The van der Waals surface area contributed by atoms with Crippen molar-refractivity contribution in [2.24, 2.45) is 0 Å². The first kappa shape index (κ1) is 23.6. The van der Waals surface area contributed by atoms with Crippen LogP contribution in [0.3, 0.4) is 0 Å². The summed E-state index contributed by atoms with van der Waals surface area (Å²) in [5.41, 5.74) is 1.84. The van der Waals surface area contributed by atoms with E-state index in [2.05, 4.69) is 30.1 Å². The minimum Gasteiger partial charge on any atom is -0.462 e. The van der Waals surface area contributed by atoms with Crippen molar-refractivity contribution >= 4 is 30.5 Å². The molecule has 0 N–H and O–H groups in total. The van der Waals surface area contributed by atoms with Crippen LogP contribution in [0.2, 0.25) is 0 Å². The van der Waals surface area contributed by atoms with Crippen LogP contribution in [0.15, 0.2) is 24.3 Å². The second-order valence-electron chi connectivity index (χ2n) is 7.71. The van der Waals surface area contributed by atoms with Crippen molar-refractivity contribution in [1.29, 1.82) is 0 Å². The Labute approximate surface area is 181 Å². The van der Waals surface area contributed by atoms with Gasteiger partial charge in [-0.05, 0) is 30.5 Å². The van der Waals surface area contributed by atoms with E-state index in [0.717, 1.165) is 31.6 Å². The summed E-state index contributed by atoms with van der Waals surface area (Å²) in [6.45, 7) is 3.80. The molecule has 0 aromatic heterocycles. The normalized spacial score (nSPS) is 17.1. The number of hydrogen-bond acceptors (Lipinski definition) is 5. The number of hydrogen-bond donors (Lipinski definition) is 1. The molecule has 0 radical (unpaired) electrons. The maximum absolute atomic E-state index is 12.3. The smallest absolute Gasteiger partial charge is 0.338 e. The Bertz CT molecular complexity index is 567. The van der Waals surface area contributed by atoms with Gasteiger partial charge in [0.1, 0.15) is 0 Å². The van der Waals surface area contributed by atoms with E-state index < -0.39 is 0 Å². The van der Waals surface area contributed by atoms with Crippen LogP contribution in [0.5, 0.6) is 0 Å². The average Bonchev–Trinajstić information content (AvgIpc) is 3.10. The number of nitrogens with zero attached hydrogens (tertiary/aromatic N) is 1. The van der Waals surface area contributed by atoms with E-state index in [1.807, 2.05) is 30.0 Å². The Morgan fingerprint density at radius 3 is 2.43 bits per heavy atom. The van der Waals surface area contributed by atoms with Gasteiger partial charge in [-0.25, -0.2) is 9.10 Å². The van der Waals surface area contributed by atoms with Crippen LogP contribution in [-0.4, -0.2) is 34.6 Å². The first-order chi connectivity index (χ1) is 13.7. The van der Waals surface area contributed by atoms with Crippen molar-refractivity contribution in [2.45, 2.75) is 82.9 Å². The van der Waals surface area contributed by atoms with Gasteiger partial charge in [-0.2, -0.15) is 0 Å². The molecule has 2 rings (SSSR count). The van der Waals surface area contributed by atoms with Gasteiger partial charge >= 0.3 is 5.97 Å². The fraction of sp³-hybridized carbons (Fsp3) is 0.696. The molecule has 1 heterocycles. The third-order valence-corrected chi connectivity index (χ3v) is 7.13. The molecule has 1 atom stereocenters. The molecule has 0 bridgehead atoms. The lowest BCUT2D eigenvalue weighted by Gasteiger charge is -2.17. The predicted octanol–water partition coefficient (Wildman–Crippen LogP) is 6.53. The lowest BCUT2D eigenvalue weighted by molar-refractivity contribution is 0.0497. The fourth-order valence-corrected chi connectivity index (χ4v) is 5.22. The first-order valence-electron chi connectivity index (χ1n) is 11.0. The summed E-state index contributed by atoms with van der Waals surface area (Å²) in [5, 5.41) is 0.390. The molecule has 5 heteroatoms. The zero-order valence-electron chi connectivity index (χ0n) is 17.4. The summed E-state index contributed by atoms with van der Waals surface area (Å²) >= 11 is 6.43. The van der Waals surface area contributed by atoms with Gasteiger partial charge in [0.05, 0.1) is 17.5 Å². The lowest BCUT2D eigenvalue weighted by Crippen LogP contribution is -2.20. The molecule has 0 saturated carbocycles. The Kier molecular flexibility index (Phi) is 12.1. The standard InChI is InChI=1S/C23H37NO2S2/c1-2-3-4-5-6-7-8-9-10-11-16-26-23(25)21-14-12-13-20(18-21)19-22-24(27)15-17-28-22/h12-14,18,22,27H,2-11,15-17,19H2,1H3. The van der Waals surface area contributed by atoms with Gasteiger partial charge in [-0.1, -0.05) is 89.7 Å². The monoisotopic (exact) mass is 423 g/mol. The average molecular weight is 424 g/mol. The van der Waals surface area contributed by atoms with E-state index in [1.54, 1.807) is 0 Å². The maximum Gasteiger partial charge on any atom is 0.338 e. The summed E-state index contributed by atoms with van der Waals surface area (Å²) in [4.78, 5) is 12.3. The fourth-order valence-electron chi connectivity index (χ4n) is 3.54. The maximum atomic E-state index is 12.3. The lowest BCUT2D eigenvalue weighted by atomic mass is 10.1. The van der Waals surface area contributed by atoms with Crippen LogP contribution in [0.4, 0.5) is 0 Å². The van der Waals surface area contributed by atoms with Crippen molar-refractivity contribution in [2.75, 3.05) is 18.9 Å². The Balaban J connectivity index is 1.56. The summed E-state index contributed by atoms with van der Waals surface area (Å²) < 4.78 is 7.56. The first-order valence-corrected chi connectivity index (χ1v) is 12.5. The molecule has 1 aliphatic rings. The van der Waals surface area contributed by atoms with E-state index >= 15 is 0 Å². The molecule has 0 aliphatic carbocycles. The molecule has 0 amide bonds. The number of carbonyl (C=O) groups is 1. The van der Waals surface area contributed by atoms with E-state index in [9.17, 15) is 4.79 Å². The number of esters is 1. The summed E-state index contributed by atoms with van der Waals surface area (Å²) in [5.74, 6) is 0.925. The molecule has 1 aliphatic heterocycles. The molecule has 1 aromatic rings. The van der Waals surface area contributed by atoms with Crippen LogP contribution in [0.25, 0.3) is 0 Å². The van der Waals surface area contributed by atoms with Crippen LogP contribution in [0, 0.1) is 0 Å². The minimum atomic E-state index is -0.195. The molecular weight excluding hydrogens is 386 g/mol. The quantitative estimate of drug-likeness (QED) is 0.209. The van der Waals surface area contributed by atoms with Gasteiger partial charge in [0.15, 0.2) is 0 Å². The second-order valence-corrected chi connectivity index (χ2v) is 9.51. The van der Waals surface area contributed by atoms with Gasteiger partial charge in [0.25, 0.3) is 0 Å². The van der Waals surface area contributed by atoms with Crippen LogP contribution < -0.4 is 0 Å². The molecule has 1 unspecified atom stereocenters. The van der Waals surface area contributed by atoms with Crippen molar-refractivity contribution in [3.8, 4) is 0 Å². The summed E-state index contributed by atoms with van der Waals surface area (Å²) in [6.07, 6.45) is 13.8. The Hall–Kier alpha value is -0.650. The van der Waals surface area contributed by atoms with Gasteiger partial charge in [0, 0.05) is 12.3 Å². The molecule has 3 nitrogen and oxygen atoms in total. The summed E-state index contributed by atoms with van der Waals surface area (Å²) in [6, 6.07) is 7.86. The highest BCUT2D eigenvalue weighted by Gasteiger charge is 2.22. The number of thiol groups is 1. The second kappa shape index (κ2) is 14.4. The van der Waals surface area contributed by atoms with E-state index in [0.29, 0.717) is 17.5 Å². The molecule has 1 aromatic carbocycles. The molecular formula is C23H37NO2S2. The van der Waals surface area contributed by atoms with E-state index in [1.165, 1.54) is 56.9 Å². The molecule has 158 valence electrons. The van der Waals surface area contributed by atoms with Gasteiger partial charge in [0.2, 0.25) is 0 Å². The van der Waals surface area contributed by atoms with E-state index in [4.69, 9.17) is 4.74 Å². The largest absolute Gasteiger partial charge is 0.462 e. The topological polar surface area (TPSA) is 29.5 Å². The molecule has 1 fully saturated rings. The summed E-state index contributed by atoms with van der Waals surface area (Å²) in [7, 11) is 0. The number of carbonyl (C=O) groups excluding carboxylic acids is 1. The number of thioether (sulfide) groups is 1. The van der Waals surface area contributed by atoms with Gasteiger partial charge in [-0.3, -0.25) is 0 Å². The number of benzene rings is 1. The van der Waals surface area contributed by atoms with Crippen molar-refractivity contribution in [3.63, 3.8) is 0 Å². The van der Waals surface area contributed by atoms with Crippen molar-refractivity contribution in [3.05, 3.63) is 35.4 Å². The van der Waals surface area contributed by atoms with Crippen molar-refractivity contribution < 1.29 is 9.53 Å². The van der Waals surface area contributed by atoms with Crippen molar-refractivity contribution in [1.82, 2.24) is 4.31 Å². The highest BCUT2D eigenvalue weighted by Crippen LogP contribution is 2.28. The third-order valence-electron chi connectivity index (χ3n) is 5.27. The third kappa shape index (κ3) is 9.23. The van der Waals surface area contributed by atoms with Crippen LogP contribution in [0.1, 0.15) is 87.1 Å². The zero-order chi connectivity index (χ0) is 20.0. The molecule has 1 saturated heterocycles. The number of ether oxygens (including phenoxy) is 1. The zero-order valence-corrected chi connectivity index (χ0v) is 19.1. The van der Waals surface area contributed by atoms with Gasteiger partial charge in [-0.15, -0.1) is 11.8 Å². The SMILES string of the molecule is CCCCCCCCCCCCOC(=O)c1cccc(CC2SCCN2S)c1. The number of rotatable bonds is 14.